The third-order valence-electron chi connectivity index (χ3n) is 3.35. The molecule has 0 fully saturated rings. The highest BCUT2D eigenvalue weighted by Crippen LogP contribution is 2.23. The fourth-order valence-electron chi connectivity index (χ4n) is 2.20. The molecule has 1 amide bonds. The molecular weight excluding hydrogens is 304 g/mol. The van der Waals surface area contributed by atoms with Gasteiger partial charge < -0.3 is 15.5 Å². The van der Waals surface area contributed by atoms with Gasteiger partial charge in [0.15, 0.2) is 0 Å². The van der Waals surface area contributed by atoms with Gasteiger partial charge in [-0.25, -0.2) is 8.78 Å². The normalized spacial score (nSPS) is 10.5. The number of amides is 1. The van der Waals surface area contributed by atoms with Gasteiger partial charge in [0, 0.05) is 18.2 Å². The number of unbranched alkanes of at least 4 members (excludes halogenated alkanes) is 1. The molecule has 0 aromatic heterocycles. The van der Waals surface area contributed by atoms with Crippen molar-refractivity contribution in [2.75, 3.05) is 6.54 Å². The number of benzene rings is 2. The van der Waals surface area contributed by atoms with Crippen LogP contribution >= 0.6 is 0 Å². The molecule has 0 heterocycles. The van der Waals surface area contributed by atoms with E-state index >= 15 is 0 Å². The highest BCUT2D eigenvalue weighted by Gasteiger charge is 2.08. The first-order chi connectivity index (χ1) is 11.0. The molecule has 0 atom stereocenters. The van der Waals surface area contributed by atoms with Gasteiger partial charge in [-0.1, -0.05) is 0 Å². The zero-order valence-corrected chi connectivity index (χ0v) is 12.4. The number of halogens is 2. The van der Waals surface area contributed by atoms with Gasteiger partial charge >= 0.3 is 0 Å². The summed E-state index contributed by atoms with van der Waals surface area (Å²) in [7, 11) is 0. The zero-order chi connectivity index (χ0) is 16.8. The number of phenols is 2. The van der Waals surface area contributed by atoms with E-state index < -0.39 is 17.5 Å². The maximum Gasteiger partial charge on any atom is 0.251 e. The van der Waals surface area contributed by atoms with Gasteiger partial charge in [0.25, 0.3) is 5.91 Å². The molecule has 122 valence electrons. The van der Waals surface area contributed by atoms with Crippen molar-refractivity contribution in [3.63, 3.8) is 0 Å². The number of aromatic hydroxyl groups is 2. The summed E-state index contributed by atoms with van der Waals surface area (Å²) in [6.07, 6.45) is 1.85. The molecule has 3 N–H and O–H groups in total. The lowest BCUT2D eigenvalue weighted by Gasteiger charge is -2.07. The molecule has 0 saturated carbocycles. The molecule has 2 aromatic rings. The molecule has 0 bridgehead atoms. The average Bonchev–Trinajstić information content (AvgIpc) is 2.49. The predicted molar refractivity (Wildman–Crippen MR) is 81.4 cm³/mol. The van der Waals surface area contributed by atoms with Crippen molar-refractivity contribution in [2.24, 2.45) is 0 Å². The maximum atomic E-state index is 13.0. The molecule has 0 radical (unpaired) electrons. The van der Waals surface area contributed by atoms with Crippen molar-refractivity contribution in [2.45, 2.75) is 19.3 Å². The van der Waals surface area contributed by atoms with Crippen LogP contribution in [0.25, 0.3) is 0 Å². The van der Waals surface area contributed by atoms with E-state index in [4.69, 9.17) is 0 Å². The molecule has 4 nitrogen and oxygen atoms in total. The van der Waals surface area contributed by atoms with Crippen LogP contribution in [0.4, 0.5) is 8.78 Å². The summed E-state index contributed by atoms with van der Waals surface area (Å²) in [6, 6.07) is 6.97. The van der Waals surface area contributed by atoms with E-state index in [1.165, 1.54) is 18.2 Å². The quantitative estimate of drug-likeness (QED) is 0.565. The summed E-state index contributed by atoms with van der Waals surface area (Å²) >= 11 is 0. The Balaban J connectivity index is 1.77. The number of carbonyl (C=O) groups is 1. The van der Waals surface area contributed by atoms with Gasteiger partial charge in [0.1, 0.15) is 23.1 Å². The van der Waals surface area contributed by atoms with Crippen LogP contribution in [0.15, 0.2) is 36.4 Å². The largest absolute Gasteiger partial charge is 0.508 e. The summed E-state index contributed by atoms with van der Waals surface area (Å²) in [5, 5.41) is 21.6. The molecule has 0 aliphatic heterocycles. The van der Waals surface area contributed by atoms with Crippen LogP contribution in [0.5, 0.6) is 11.5 Å². The van der Waals surface area contributed by atoms with Gasteiger partial charge in [0.05, 0.1) is 0 Å². The Hall–Kier alpha value is -2.63. The molecule has 0 saturated heterocycles. The number of nitrogens with one attached hydrogen (secondary N) is 1. The van der Waals surface area contributed by atoms with Gasteiger partial charge in [-0.15, -0.1) is 0 Å². The Morgan fingerprint density at radius 3 is 2.39 bits per heavy atom. The Kier molecular flexibility index (Phi) is 5.51. The van der Waals surface area contributed by atoms with Crippen LogP contribution in [-0.4, -0.2) is 22.7 Å². The second-order valence-electron chi connectivity index (χ2n) is 5.18. The topological polar surface area (TPSA) is 69.6 Å². The second kappa shape index (κ2) is 7.58. The van der Waals surface area contributed by atoms with Gasteiger partial charge in [-0.3, -0.25) is 4.79 Å². The van der Waals surface area contributed by atoms with E-state index in [2.05, 4.69) is 5.32 Å². The summed E-state index contributed by atoms with van der Waals surface area (Å²) in [4.78, 5) is 11.8. The molecule has 2 aromatic carbocycles. The summed E-state index contributed by atoms with van der Waals surface area (Å²) in [5.74, 6) is -1.94. The number of hydrogen-bond acceptors (Lipinski definition) is 3. The SMILES string of the molecule is O=C(NCCCCc1cc(O)ccc1O)c1cc(F)cc(F)c1. The third kappa shape index (κ3) is 4.95. The van der Waals surface area contributed by atoms with Crippen LogP contribution in [0.2, 0.25) is 0 Å². The first kappa shape index (κ1) is 16.7. The fraction of sp³-hybridized carbons (Fsp3) is 0.235. The maximum absolute atomic E-state index is 13.0. The molecule has 6 heteroatoms. The lowest BCUT2D eigenvalue weighted by molar-refractivity contribution is 0.0952. The molecular formula is C17H17F2NO3. The van der Waals surface area contributed by atoms with E-state index in [1.54, 1.807) is 0 Å². The van der Waals surface area contributed by atoms with Crippen LogP contribution in [0.3, 0.4) is 0 Å². The first-order valence-corrected chi connectivity index (χ1v) is 7.21. The van der Waals surface area contributed by atoms with E-state index in [9.17, 15) is 23.8 Å². The van der Waals surface area contributed by atoms with E-state index in [-0.39, 0.29) is 17.1 Å². The van der Waals surface area contributed by atoms with Crippen LogP contribution in [0.1, 0.15) is 28.8 Å². The van der Waals surface area contributed by atoms with Gasteiger partial charge in [-0.05, 0) is 55.2 Å². The van der Waals surface area contributed by atoms with E-state index in [0.29, 0.717) is 37.4 Å². The minimum Gasteiger partial charge on any atom is -0.508 e. The van der Waals surface area contributed by atoms with Crippen molar-refractivity contribution in [1.29, 1.82) is 0 Å². The number of hydrogen-bond donors (Lipinski definition) is 3. The lowest BCUT2D eigenvalue weighted by atomic mass is 10.1. The number of carbonyl (C=O) groups excluding carboxylic acids is 1. The van der Waals surface area contributed by atoms with E-state index in [1.807, 2.05) is 0 Å². The smallest absolute Gasteiger partial charge is 0.251 e. The second-order valence-corrected chi connectivity index (χ2v) is 5.18. The minimum absolute atomic E-state index is 0.0619. The predicted octanol–water partition coefficient (Wildman–Crippen LogP) is 3.13. The molecule has 0 unspecified atom stereocenters. The van der Waals surface area contributed by atoms with Crippen LogP contribution in [-0.2, 0) is 6.42 Å². The minimum atomic E-state index is -0.797. The monoisotopic (exact) mass is 321 g/mol. The molecule has 0 aliphatic rings. The highest BCUT2D eigenvalue weighted by atomic mass is 19.1. The van der Waals surface area contributed by atoms with Crippen LogP contribution < -0.4 is 5.32 Å². The number of rotatable bonds is 6. The molecule has 23 heavy (non-hydrogen) atoms. The fourth-order valence-corrected chi connectivity index (χ4v) is 2.20. The Morgan fingerprint density at radius 1 is 1.00 bits per heavy atom. The van der Waals surface area contributed by atoms with Crippen molar-refractivity contribution < 1.29 is 23.8 Å². The molecule has 0 spiro atoms. The summed E-state index contributed by atoms with van der Waals surface area (Å²) < 4.78 is 26.1. The standard InChI is InChI=1S/C17H17F2NO3/c18-13-7-12(8-14(19)10-13)17(23)20-6-2-1-3-11-9-15(21)4-5-16(11)22/h4-5,7-10,21-22H,1-3,6H2,(H,20,23). The summed E-state index contributed by atoms with van der Waals surface area (Å²) in [6.45, 7) is 0.344. The van der Waals surface area contributed by atoms with Crippen molar-refractivity contribution in [1.82, 2.24) is 5.32 Å². The molecule has 2 rings (SSSR count). The lowest BCUT2D eigenvalue weighted by Crippen LogP contribution is -2.24. The Labute approximate surface area is 132 Å². The Bertz CT molecular complexity index is 684. The Morgan fingerprint density at radius 2 is 1.70 bits per heavy atom. The summed E-state index contributed by atoms with van der Waals surface area (Å²) in [5.41, 5.74) is 0.566. The van der Waals surface area contributed by atoms with Gasteiger partial charge in [0.2, 0.25) is 0 Å². The first-order valence-electron chi connectivity index (χ1n) is 7.21. The zero-order valence-electron chi connectivity index (χ0n) is 12.4. The van der Waals surface area contributed by atoms with Crippen molar-refractivity contribution >= 4 is 5.91 Å². The molecule has 0 aliphatic carbocycles. The van der Waals surface area contributed by atoms with Gasteiger partial charge in [-0.2, -0.15) is 0 Å². The number of phenolic OH excluding ortho intramolecular Hbond substituents is 2. The third-order valence-corrected chi connectivity index (χ3v) is 3.35. The highest BCUT2D eigenvalue weighted by molar-refractivity contribution is 5.94. The number of aryl methyl sites for hydroxylation is 1. The average molecular weight is 321 g/mol. The van der Waals surface area contributed by atoms with E-state index in [0.717, 1.165) is 12.1 Å². The van der Waals surface area contributed by atoms with Crippen molar-refractivity contribution in [3.05, 3.63) is 59.2 Å². The van der Waals surface area contributed by atoms with Crippen molar-refractivity contribution in [3.8, 4) is 11.5 Å². The van der Waals surface area contributed by atoms with Crippen LogP contribution in [0, 0.1) is 11.6 Å².